The van der Waals surface area contributed by atoms with E-state index in [1.54, 1.807) is 6.33 Å². The number of benzene rings is 1. The highest BCUT2D eigenvalue weighted by atomic mass is 79.9. The van der Waals surface area contributed by atoms with Gasteiger partial charge in [0.05, 0.1) is 30.8 Å². The van der Waals surface area contributed by atoms with Crippen molar-refractivity contribution in [2.24, 2.45) is 0 Å². The summed E-state index contributed by atoms with van der Waals surface area (Å²) in [5.41, 5.74) is 1.68. The van der Waals surface area contributed by atoms with Gasteiger partial charge in [-0.15, -0.1) is 0 Å². The summed E-state index contributed by atoms with van der Waals surface area (Å²) in [4.78, 5) is 9.16. The Balaban J connectivity index is 1.96. The van der Waals surface area contributed by atoms with Crippen LogP contribution in [0.1, 0.15) is 5.69 Å². The standard InChI is InChI=1S/C12H11BrFN3O/c13-8-3-10(14)12-11(4-8)17(1-2-18-12)6-9-5-15-7-16-9/h3-5,7H,1-2,6H2,(H,15,16). The van der Waals surface area contributed by atoms with Gasteiger partial charge in [-0.25, -0.2) is 9.37 Å². The van der Waals surface area contributed by atoms with Crippen LogP contribution in [0.15, 0.2) is 29.1 Å². The van der Waals surface area contributed by atoms with Crippen LogP contribution in [0.25, 0.3) is 0 Å². The molecule has 0 unspecified atom stereocenters. The molecular weight excluding hydrogens is 301 g/mol. The van der Waals surface area contributed by atoms with E-state index in [-0.39, 0.29) is 5.82 Å². The molecule has 0 aliphatic carbocycles. The first-order valence-corrected chi connectivity index (χ1v) is 6.38. The van der Waals surface area contributed by atoms with Gasteiger partial charge in [0.15, 0.2) is 11.6 Å². The normalized spacial score (nSPS) is 14.2. The number of imidazole rings is 1. The number of anilines is 1. The van der Waals surface area contributed by atoms with E-state index < -0.39 is 0 Å². The minimum Gasteiger partial charge on any atom is -0.486 e. The molecule has 1 aromatic heterocycles. The van der Waals surface area contributed by atoms with E-state index in [2.05, 4.69) is 30.8 Å². The van der Waals surface area contributed by atoms with Crippen LogP contribution in [0.4, 0.5) is 10.1 Å². The van der Waals surface area contributed by atoms with Gasteiger partial charge in [-0.3, -0.25) is 0 Å². The minimum atomic E-state index is -0.342. The number of rotatable bonds is 2. The molecule has 0 spiro atoms. The zero-order valence-corrected chi connectivity index (χ0v) is 11.1. The fourth-order valence-corrected chi connectivity index (χ4v) is 2.46. The second-order valence-corrected chi connectivity index (χ2v) is 4.98. The maximum Gasteiger partial charge on any atom is 0.178 e. The van der Waals surface area contributed by atoms with E-state index in [1.165, 1.54) is 6.07 Å². The van der Waals surface area contributed by atoms with Crippen LogP contribution in [-0.2, 0) is 6.54 Å². The second kappa shape index (κ2) is 4.61. The summed E-state index contributed by atoms with van der Waals surface area (Å²) in [6.45, 7) is 1.83. The molecule has 1 aliphatic heterocycles. The summed E-state index contributed by atoms with van der Waals surface area (Å²) in [6.07, 6.45) is 3.47. The van der Waals surface area contributed by atoms with Crippen LogP contribution >= 0.6 is 15.9 Å². The fourth-order valence-electron chi connectivity index (χ4n) is 2.04. The van der Waals surface area contributed by atoms with E-state index in [0.29, 0.717) is 23.4 Å². The van der Waals surface area contributed by atoms with Crippen LogP contribution in [0.3, 0.4) is 0 Å². The molecular formula is C12H11BrFN3O. The van der Waals surface area contributed by atoms with Crippen molar-refractivity contribution in [3.63, 3.8) is 0 Å². The largest absolute Gasteiger partial charge is 0.486 e. The molecule has 4 nitrogen and oxygen atoms in total. The zero-order valence-electron chi connectivity index (χ0n) is 9.49. The lowest BCUT2D eigenvalue weighted by Gasteiger charge is -2.31. The van der Waals surface area contributed by atoms with Crippen molar-refractivity contribution >= 4 is 21.6 Å². The molecule has 1 aromatic carbocycles. The van der Waals surface area contributed by atoms with E-state index >= 15 is 0 Å². The summed E-state index contributed by atoms with van der Waals surface area (Å²) in [6, 6.07) is 3.28. The number of nitrogens with zero attached hydrogens (tertiary/aromatic N) is 2. The number of nitrogens with one attached hydrogen (secondary N) is 1. The molecule has 6 heteroatoms. The molecule has 0 radical (unpaired) electrons. The van der Waals surface area contributed by atoms with E-state index in [4.69, 9.17) is 4.74 Å². The first kappa shape index (κ1) is 11.5. The molecule has 0 atom stereocenters. The number of hydrogen-bond donors (Lipinski definition) is 1. The third-order valence-electron chi connectivity index (χ3n) is 2.84. The van der Waals surface area contributed by atoms with Crippen LogP contribution in [-0.4, -0.2) is 23.1 Å². The van der Waals surface area contributed by atoms with Gasteiger partial charge in [-0.1, -0.05) is 15.9 Å². The third kappa shape index (κ3) is 2.08. The van der Waals surface area contributed by atoms with Crippen LogP contribution < -0.4 is 9.64 Å². The molecule has 18 heavy (non-hydrogen) atoms. The lowest BCUT2D eigenvalue weighted by Crippen LogP contribution is -2.32. The van der Waals surface area contributed by atoms with E-state index in [0.717, 1.165) is 17.9 Å². The summed E-state index contributed by atoms with van der Waals surface area (Å²) in [5.74, 6) is -0.0221. The average molecular weight is 312 g/mol. The Morgan fingerprint density at radius 2 is 2.39 bits per heavy atom. The third-order valence-corrected chi connectivity index (χ3v) is 3.30. The summed E-state index contributed by atoms with van der Waals surface area (Å²) < 4.78 is 19.9. The summed E-state index contributed by atoms with van der Waals surface area (Å²) in [7, 11) is 0. The van der Waals surface area contributed by atoms with Gasteiger partial charge in [0.1, 0.15) is 6.61 Å². The van der Waals surface area contributed by atoms with Gasteiger partial charge < -0.3 is 14.6 Å². The molecule has 94 valence electrons. The lowest BCUT2D eigenvalue weighted by atomic mass is 10.2. The smallest absolute Gasteiger partial charge is 0.178 e. The predicted octanol–water partition coefficient (Wildman–Crippen LogP) is 2.71. The van der Waals surface area contributed by atoms with Crippen molar-refractivity contribution in [1.29, 1.82) is 0 Å². The Bertz CT molecular complexity index is 559. The van der Waals surface area contributed by atoms with Crippen molar-refractivity contribution in [2.45, 2.75) is 6.54 Å². The number of ether oxygens (including phenoxy) is 1. The molecule has 1 aliphatic rings. The molecule has 2 heterocycles. The van der Waals surface area contributed by atoms with E-state index in [9.17, 15) is 4.39 Å². The number of aromatic nitrogens is 2. The predicted molar refractivity (Wildman–Crippen MR) is 69.2 cm³/mol. The Hall–Kier alpha value is -1.56. The summed E-state index contributed by atoms with van der Waals surface area (Å²) >= 11 is 3.30. The Labute approximate surface area is 112 Å². The molecule has 0 saturated carbocycles. The molecule has 0 saturated heterocycles. The average Bonchev–Trinajstić information content (AvgIpc) is 2.83. The van der Waals surface area contributed by atoms with Crippen molar-refractivity contribution < 1.29 is 9.13 Å². The first-order chi connectivity index (χ1) is 8.74. The van der Waals surface area contributed by atoms with Crippen molar-refractivity contribution in [3.8, 4) is 5.75 Å². The molecule has 1 N–H and O–H groups in total. The van der Waals surface area contributed by atoms with Crippen molar-refractivity contribution in [3.05, 3.63) is 40.6 Å². The monoisotopic (exact) mass is 311 g/mol. The number of aromatic amines is 1. The maximum absolute atomic E-state index is 13.8. The van der Waals surface area contributed by atoms with Crippen molar-refractivity contribution in [2.75, 3.05) is 18.1 Å². The van der Waals surface area contributed by atoms with Gasteiger partial charge in [0, 0.05) is 10.7 Å². The minimum absolute atomic E-state index is 0.319. The lowest BCUT2D eigenvalue weighted by molar-refractivity contribution is 0.290. The Kier molecular flexibility index (Phi) is 2.95. The van der Waals surface area contributed by atoms with Gasteiger partial charge in [0.2, 0.25) is 0 Å². The number of H-pyrrole nitrogens is 1. The fraction of sp³-hybridized carbons (Fsp3) is 0.250. The maximum atomic E-state index is 13.8. The van der Waals surface area contributed by atoms with Gasteiger partial charge in [-0.2, -0.15) is 0 Å². The van der Waals surface area contributed by atoms with Crippen LogP contribution in [0.5, 0.6) is 5.75 Å². The van der Waals surface area contributed by atoms with Crippen molar-refractivity contribution in [1.82, 2.24) is 9.97 Å². The second-order valence-electron chi connectivity index (χ2n) is 4.07. The Morgan fingerprint density at radius 3 is 3.17 bits per heavy atom. The molecule has 2 aromatic rings. The molecule has 3 rings (SSSR count). The first-order valence-electron chi connectivity index (χ1n) is 5.58. The van der Waals surface area contributed by atoms with E-state index in [1.807, 2.05) is 12.3 Å². The highest BCUT2D eigenvalue weighted by Crippen LogP contribution is 2.37. The highest BCUT2D eigenvalue weighted by Gasteiger charge is 2.22. The van der Waals surface area contributed by atoms with Gasteiger partial charge in [0.25, 0.3) is 0 Å². The molecule has 0 amide bonds. The molecule has 0 fully saturated rings. The highest BCUT2D eigenvalue weighted by molar-refractivity contribution is 9.10. The van der Waals surface area contributed by atoms with Gasteiger partial charge >= 0.3 is 0 Å². The SMILES string of the molecule is Fc1cc(Br)cc2c1OCCN2Cc1c[nH]cn1. The summed E-state index contributed by atoms with van der Waals surface area (Å²) in [5, 5.41) is 0. The zero-order chi connectivity index (χ0) is 12.5. The van der Waals surface area contributed by atoms with Gasteiger partial charge in [-0.05, 0) is 12.1 Å². The number of halogens is 2. The topological polar surface area (TPSA) is 41.1 Å². The quantitative estimate of drug-likeness (QED) is 0.927. The van der Waals surface area contributed by atoms with Crippen LogP contribution in [0, 0.1) is 5.82 Å². The number of hydrogen-bond acceptors (Lipinski definition) is 3. The number of fused-ring (bicyclic) bond motifs is 1. The Morgan fingerprint density at radius 1 is 1.50 bits per heavy atom. The molecule has 0 bridgehead atoms. The van der Waals surface area contributed by atoms with Crippen LogP contribution in [0.2, 0.25) is 0 Å².